The molecule has 0 aliphatic heterocycles. The third-order valence-electron chi connectivity index (χ3n) is 5.21. The molecule has 0 saturated heterocycles. The van der Waals surface area contributed by atoms with E-state index in [1.165, 1.54) is 11.6 Å². The molecule has 150 valence electrons. The van der Waals surface area contributed by atoms with Gasteiger partial charge in [0.05, 0.1) is 7.11 Å². The van der Waals surface area contributed by atoms with Crippen LogP contribution in [0.5, 0.6) is 5.75 Å². The first kappa shape index (κ1) is 19.5. The third kappa shape index (κ3) is 3.57. The number of carbonyl (C=O) groups excluding carboxylic acids is 1. The number of hydrogen-bond acceptors (Lipinski definition) is 3. The minimum absolute atomic E-state index is 0.185. The highest BCUT2D eigenvalue weighted by molar-refractivity contribution is 6.01. The highest BCUT2D eigenvalue weighted by atomic mass is 16.5. The van der Waals surface area contributed by atoms with Crippen molar-refractivity contribution in [3.63, 3.8) is 0 Å². The molecular weight excluding hydrogens is 374 g/mol. The summed E-state index contributed by atoms with van der Waals surface area (Å²) in [6, 6.07) is 16.2. The fourth-order valence-electron chi connectivity index (χ4n) is 3.54. The fourth-order valence-corrected chi connectivity index (χ4v) is 3.54. The molecule has 0 fully saturated rings. The Kier molecular flexibility index (Phi) is 5.11. The first-order valence-corrected chi connectivity index (χ1v) is 9.64. The van der Waals surface area contributed by atoms with Crippen LogP contribution < -0.4 is 9.64 Å². The van der Waals surface area contributed by atoms with Crippen molar-refractivity contribution in [2.75, 3.05) is 19.1 Å². The summed E-state index contributed by atoms with van der Waals surface area (Å²) in [5.41, 5.74) is 6.86. The monoisotopic (exact) mass is 397 g/mol. The molecule has 0 bridgehead atoms. The highest BCUT2D eigenvalue weighted by Gasteiger charge is 2.13. The van der Waals surface area contributed by atoms with E-state index < -0.39 is 0 Å². The number of fused-ring (bicyclic) bond motifs is 1. The summed E-state index contributed by atoms with van der Waals surface area (Å²) in [5.74, 6) is 0.481. The lowest BCUT2D eigenvalue weighted by Crippen LogP contribution is -2.23. The largest absolute Gasteiger partial charge is 0.497 e. The van der Waals surface area contributed by atoms with Gasteiger partial charge in [-0.2, -0.15) is 0 Å². The smallest absolute Gasteiger partial charge is 0.250 e. The van der Waals surface area contributed by atoms with Crippen molar-refractivity contribution < 1.29 is 9.53 Å². The quantitative estimate of drug-likeness (QED) is 0.461. The van der Waals surface area contributed by atoms with Crippen molar-refractivity contribution in [1.29, 1.82) is 0 Å². The molecule has 4 rings (SSSR count). The van der Waals surface area contributed by atoms with E-state index in [2.05, 4.69) is 53.8 Å². The number of methoxy groups -OCH3 is 1. The Morgan fingerprint density at radius 2 is 1.97 bits per heavy atom. The number of hydrogen-bond donors (Lipinski definition) is 1. The van der Waals surface area contributed by atoms with Crippen molar-refractivity contribution in [3.8, 4) is 28.0 Å². The molecule has 2 aromatic heterocycles. The van der Waals surface area contributed by atoms with Crippen molar-refractivity contribution >= 4 is 22.6 Å². The number of nitrogens with one attached hydrogen (secondary N) is 1. The van der Waals surface area contributed by atoms with Crippen LogP contribution >= 0.6 is 0 Å². The van der Waals surface area contributed by atoms with Crippen molar-refractivity contribution in [1.82, 2.24) is 9.97 Å². The molecule has 0 aliphatic carbocycles. The van der Waals surface area contributed by atoms with Crippen molar-refractivity contribution in [2.45, 2.75) is 6.92 Å². The molecule has 5 nitrogen and oxygen atoms in total. The minimum atomic E-state index is -0.185. The van der Waals surface area contributed by atoms with Crippen LogP contribution in [0, 0.1) is 6.92 Å². The average Bonchev–Trinajstić information content (AvgIpc) is 3.21. The molecule has 5 heteroatoms. The number of pyridine rings is 1. The first-order valence-electron chi connectivity index (χ1n) is 9.64. The van der Waals surface area contributed by atoms with Gasteiger partial charge >= 0.3 is 0 Å². The number of benzene rings is 2. The van der Waals surface area contributed by atoms with Crippen LogP contribution in [0.15, 0.2) is 73.6 Å². The lowest BCUT2D eigenvalue weighted by Gasteiger charge is -2.18. The van der Waals surface area contributed by atoms with Crippen molar-refractivity contribution in [2.24, 2.45) is 0 Å². The number of rotatable bonds is 5. The van der Waals surface area contributed by atoms with E-state index in [4.69, 9.17) is 4.74 Å². The summed E-state index contributed by atoms with van der Waals surface area (Å²) >= 11 is 0. The van der Waals surface area contributed by atoms with Crippen LogP contribution in [0.25, 0.3) is 33.3 Å². The Labute approximate surface area is 175 Å². The van der Waals surface area contributed by atoms with Crippen LogP contribution in [0.4, 0.5) is 5.69 Å². The number of anilines is 1. The van der Waals surface area contributed by atoms with E-state index in [0.29, 0.717) is 5.75 Å². The number of amides is 1. The molecular formula is C25H23N3O2. The van der Waals surface area contributed by atoms with Gasteiger partial charge in [0.1, 0.15) is 11.4 Å². The standard InChI is InChI=1S/C25H23N3O2/c1-5-24(29)28(3)20-10-18(11-21(13-20)30-4)19-12-22-23(15-27-25(22)26-14-19)17-8-6-7-16(2)9-17/h5-15H,1H2,2-4H3,(H,26,27). The van der Waals surface area contributed by atoms with Gasteiger partial charge < -0.3 is 14.6 Å². The molecule has 1 N–H and O–H groups in total. The van der Waals surface area contributed by atoms with Crippen molar-refractivity contribution in [3.05, 3.63) is 79.1 Å². The van der Waals surface area contributed by atoms with Gasteiger partial charge in [-0.15, -0.1) is 0 Å². The summed E-state index contributed by atoms with van der Waals surface area (Å²) in [7, 11) is 3.33. The highest BCUT2D eigenvalue weighted by Crippen LogP contribution is 2.34. The molecule has 0 spiro atoms. The van der Waals surface area contributed by atoms with E-state index in [9.17, 15) is 4.79 Å². The molecule has 30 heavy (non-hydrogen) atoms. The van der Waals surface area contributed by atoms with E-state index in [0.717, 1.165) is 39.0 Å². The minimum Gasteiger partial charge on any atom is -0.497 e. The lowest BCUT2D eigenvalue weighted by atomic mass is 10.0. The van der Waals surface area contributed by atoms with Crippen LogP contribution in [0.1, 0.15) is 5.56 Å². The van der Waals surface area contributed by atoms with Gasteiger partial charge in [-0.05, 0) is 42.3 Å². The molecule has 0 radical (unpaired) electrons. The van der Waals surface area contributed by atoms with Gasteiger partial charge in [0.15, 0.2) is 0 Å². The van der Waals surface area contributed by atoms with Crippen LogP contribution in [0.3, 0.4) is 0 Å². The molecule has 0 atom stereocenters. The SMILES string of the molecule is C=CC(=O)N(C)c1cc(OC)cc(-c2cnc3[nH]cc(-c4cccc(C)c4)c3c2)c1. The van der Waals surface area contributed by atoms with E-state index in [1.54, 1.807) is 19.1 Å². The maximum atomic E-state index is 12.1. The number of aromatic amines is 1. The van der Waals surface area contributed by atoms with Gasteiger partial charge in [0, 0.05) is 47.7 Å². The van der Waals surface area contributed by atoms with Gasteiger partial charge in [-0.1, -0.05) is 36.4 Å². The second-order valence-corrected chi connectivity index (χ2v) is 7.21. The van der Waals surface area contributed by atoms with Crippen LogP contribution in [-0.4, -0.2) is 30.0 Å². The summed E-state index contributed by atoms with van der Waals surface area (Å²) in [5, 5.41) is 1.04. The topological polar surface area (TPSA) is 58.2 Å². The molecule has 4 aromatic rings. The Morgan fingerprint density at radius 1 is 1.13 bits per heavy atom. The number of aryl methyl sites for hydroxylation is 1. The zero-order valence-electron chi connectivity index (χ0n) is 17.3. The van der Waals surface area contributed by atoms with E-state index in [-0.39, 0.29) is 5.91 Å². The zero-order chi connectivity index (χ0) is 21.3. The zero-order valence-corrected chi connectivity index (χ0v) is 17.3. The number of H-pyrrole nitrogens is 1. The Balaban J connectivity index is 1.84. The summed E-state index contributed by atoms with van der Waals surface area (Å²) in [4.78, 5) is 21.5. The maximum absolute atomic E-state index is 12.1. The molecule has 0 unspecified atom stereocenters. The molecule has 0 saturated carbocycles. The predicted molar refractivity (Wildman–Crippen MR) is 122 cm³/mol. The van der Waals surface area contributed by atoms with Gasteiger partial charge in [-0.25, -0.2) is 4.98 Å². The fraction of sp³-hybridized carbons (Fsp3) is 0.120. The molecule has 0 aliphatic rings. The van der Waals surface area contributed by atoms with E-state index in [1.807, 2.05) is 30.6 Å². The molecule has 2 aromatic carbocycles. The van der Waals surface area contributed by atoms with Gasteiger partial charge in [0.2, 0.25) is 5.91 Å². The first-order chi connectivity index (χ1) is 14.5. The lowest BCUT2D eigenvalue weighted by molar-refractivity contribution is -0.113. The Bertz CT molecular complexity index is 1260. The Morgan fingerprint density at radius 3 is 2.70 bits per heavy atom. The number of ether oxygens (including phenoxy) is 1. The third-order valence-corrected chi connectivity index (χ3v) is 5.21. The van der Waals surface area contributed by atoms with Gasteiger partial charge in [-0.3, -0.25) is 4.79 Å². The number of likely N-dealkylation sites (N-methyl/N-ethyl adjacent to an activating group) is 1. The second kappa shape index (κ2) is 7.87. The van der Waals surface area contributed by atoms with Crippen LogP contribution in [-0.2, 0) is 4.79 Å². The summed E-state index contributed by atoms with van der Waals surface area (Å²) in [6.07, 6.45) is 5.11. The molecule has 1 amide bonds. The predicted octanol–water partition coefficient (Wildman–Crippen LogP) is 5.36. The summed E-state index contributed by atoms with van der Waals surface area (Å²) < 4.78 is 5.47. The maximum Gasteiger partial charge on any atom is 0.250 e. The number of aromatic nitrogens is 2. The number of nitrogens with zero attached hydrogens (tertiary/aromatic N) is 2. The average molecular weight is 397 g/mol. The summed E-state index contributed by atoms with van der Waals surface area (Å²) in [6.45, 7) is 5.65. The van der Waals surface area contributed by atoms with Crippen LogP contribution in [0.2, 0.25) is 0 Å². The number of carbonyl (C=O) groups is 1. The van der Waals surface area contributed by atoms with Gasteiger partial charge in [0.25, 0.3) is 0 Å². The van der Waals surface area contributed by atoms with E-state index >= 15 is 0 Å². The molecule has 2 heterocycles. The second-order valence-electron chi connectivity index (χ2n) is 7.21. The normalized spacial score (nSPS) is 10.8. The Hall–Kier alpha value is -3.86.